The van der Waals surface area contributed by atoms with E-state index in [4.69, 9.17) is 0 Å². The van der Waals surface area contributed by atoms with E-state index in [1.165, 1.54) is 23.9 Å². The maximum Gasteiger partial charge on any atom is 0.270 e. The lowest BCUT2D eigenvalue weighted by Gasteiger charge is -2.10. The van der Waals surface area contributed by atoms with E-state index in [9.17, 15) is 14.9 Å². The Bertz CT molecular complexity index is 1350. The molecule has 0 atom stereocenters. The quantitative estimate of drug-likeness (QED) is 0.176. The number of thioether (sulfide) groups is 1. The SMILES string of the molecule is Cc1ccccc1/C=N/NC(=O)CSc1nnc(-c2cccc([N+](=O)[O-])c2)n1-c1ccccc1. The summed E-state index contributed by atoms with van der Waals surface area (Å²) in [6, 6.07) is 23.3. The van der Waals surface area contributed by atoms with Gasteiger partial charge in [-0.1, -0.05) is 66.4 Å². The molecule has 0 bridgehead atoms. The van der Waals surface area contributed by atoms with Gasteiger partial charge in [-0.3, -0.25) is 19.5 Å². The maximum absolute atomic E-state index is 12.4. The minimum Gasteiger partial charge on any atom is -0.272 e. The average Bonchev–Trinajstić information content (AvgIpc) is 3.28. The Morgan fingerprint density at radius 1 is 1.09 bits per heavy atom. The number of amides is 1. The molecule has 0 aliphatic carbocycles. The van der Waals surface area contributed by atoms with E-state index < -0.39 is 4.92 Å². The maximum atomic E-state index is 12.4. The van der Waals surface area contributed by atoms with Crippen molar-refractivity contribution in [3.8, 4) is 17.1 Å². The van der Waals surface area contributed by atoms with Crippen molar-refractivity contribution in [3.63, 3.8) is 0 Å². The van der Waals surface area contributed by atoms with Crippen molar-refractivity contribution in [1.29, 1.82) is 0 Å². The first-order chi connectivity index (χ1) is 16.5. The van der Waals surface area contributed by atoms with Gasteiger partial charge in [0, 0.05) is 23.4 Å². The number of hydrazone groups is 1. The van der Waals surface area contributed by atoms with Crippen molar-refractivity contribution in [2.24, 2.45) is 5.10 Å². The van der Waals surface area contributed by atoms with Gasteiger partial charge in [0.05, 0.1) is 16.9 Å². The number of non-ortho nitro benzene ring substituents is 1. The van der Waals surface area contributed by atoms with Crippen molar-refractivity contribution >= 4 is 29.6 Å². The second-order valence-electron chi connectivity index (χ2n) is 7.22. The number of nitro benzene ring substituents is 1. The van der Waals surface area contributed by atoms with Gasteiger partial charge < -0.3 is 0 Å². The number of nitrogens with zero attached hydrogens (tertiary/aromatic N) is 5. The largest absolute Gasteiger partial charge is 0.272 e. The molecule has 3 aromatic carbocycles. The van der Waals surface area contributed by atoms with E-state index in [-0.39, 0.29) is 17.3 Å². The summed E-state index contributed by atoms with van der Waals surface area (Å²) < 4.78 is 1.77. The molecule has 0 aliphatic heterocycles. The van der Waals surface area contributed by atoms with Crippen LogP contribution in [-0.4, -0.2) is 37.6 Å². The van der Waals surface area contributed by atoms with Crippen molar-refractivity contribution < 1.29 is 9.72 Å². The van der Waals surface area contributed by atoms with Crippen LogP contribution in [0, 0.1) is 17.0 Å². The van der Waals surface area contributed by atoms with Gasteiger partial charge in [-0.15, -0.1) is 10.2 Å². The van der Waals surface area contributed by atoms with E-state index in [1.54, 1.807) is 22.9 Å². The molecule has 0 spiro atoms. The van der Waals surface area contributed by atoms with Crippen molar-refractivity contribution in [2.45, 2.75) is 12.1 Å². The van der Waals surface area contributed by atoms with Gasteiger partial charge in [-0.05, 0) is 30.2 Å². The Hall–Kier alpha value is -4.31. The van der Waals surface area contributed by atoms with Crippen LogP contribution in [0.5, 0.6) is 0 Å². The number of rotatable bonds is 8. The smallest absolute Gasteiger partial charge is 0.270 e. The number of para-hydroxylation sites is 1. The first kappa shape index (κ1) is 22.9. The summed E-state index contributed by atoms with van der Waals surface area (Å²) in [4.78, 5) is 23.1. The van der Waals surface area contributed by atoms with Crippen LogP contribution < -0.4 is 5.43 Å². The molecule has 1 N–H and O–H groups in total. The second-order valence-corrected chi connectivity index (χ2v) is 8.17. The zero-order chi connectivity index (χ0) is 23.9. The molecule has 1 aromatic heterocycles. The number of carbonyl (C=O) groups is 1. The lowest BCUT2D eigenvalue weighted by Crippen LogP contribution is -2.20. The zero-order valence-electron chi connectivity index (χ0n) is 18.2. The fraction of sp³-hybridized carbons (Fsp3) is 0.0833. The van der Waals surface area contributed by atoms with Crippen molar-refractivity contribution in [2.75, 3.05) is 5.75 Å². The first-order valence-electron chi connectivity index (χ1n) is 10.3. The number of aromatic nitrogens is 3. The third kappa shape index (κ3) is 5.36. The third-order valence-corrected chi connectivity index (χ3v) is 5.81. The Morgan fingerprint density at radius 3 is 2.62 bits per heavy atom. The van der Waals surface area contributed by atoms with Gasteiger partial charge >= 0.3 is 0 Å². The van der Waals surface area contributed by atoms with Gasteiger partial charge in [-0.25, -0.2) is 5.43 Å². The molecule has 170 valence electrons. The molecule has 0 radical (unpaired) electrons. The number of nitrogens with one attached hydrogen (secondary N) is 1. The third-order valence-electron chi connectivity index (χ3n) is 4.88. The molecule has 4 aromatic rings. The number of hydrogen-bond acceptors (Lipinski definition) is 7. The molecule has 4 rings (SSSR count). The molecule has 34 heavy (non-hydrogen) atoms. The predicted molar refractivity (Wildman–Crippen MR) is 131 cm³/mol. The lowest BCUT2D eigenvalue weighted by atomic mass is 10.1. The molecule has 1 amide bonds. The summed E-state index contributed by atoms with van der Waals surface area (Å²) in [5.74, 6) is 0.204. The molecule has 0 aliphatic rings. The van der Waals surface area contributed by atoms with Crippen LogP contribution in [0.1, 0.15) is 11.1 Å². The first-order valence-corrected chi connectivity index (χ1v) is 11.3. The molecule has 0 saturated carbocycles. The van der Waals surface area contributed by atoms with Crippen LogP contribution in [0.2, 0.25) is 0 Å². The van der Waals surface area contributed by atoms with Crippen LogP contribution in [0.3, 0.4) is 0 Å². The molecule has 9 nitrogen and oxygen atoms in total. The lowest BCUT2D eigenvalue weighted by molar-refractivity contribution is -0.384. The van der Waals surface area contributed by atoms with Crippen LogP contribution >= 0.6 is 11.8 Å². The zero-order valence-corrected chi connectivity index (χ0v) is 19.0. The highest BCUT2D eigenvalue weighted by Gasteiger charge is 2.19. The monoisotopic (exact) mass is 472 g/mol. The van der Waals surface area contributed by atoms with E-state index in [0.29, 0.717) is 16.5 Å². The van der Waals surface area contributed by atoms with Gasteiger partial charge in [0.15, 0.2) is 11.0 Å². The van der Waals surface area contributed by atoms with E-state index in [0.717, 1.165) is 16.8 Å². The minimum atomic E-state index is -0.454. The Morgan fingerprint density at radius 2 is 1.85 bits per heavy atom. The molecular weight excluding hydrogens is 452 g/mol. The van der Waals surface area contributed by atoms with Crippen molar-refractivity contribution in [3.05, 3.63) is 100 Å². The van der Waals surface area contributed by atoms with Gasteiger partial charge in [0.25, 0.3) is 11.6 Å². The standard InChI is InChI=1S/C24H20N6O3S/c1-17-8-5-6-9-19(17)15-25-26-22(31)16-34-24-28-27-23(29(24)20-11-3-2-4-12-20)18-10-7-13-21(14-18)30(32)33/h2-15H,16H2,1H3,(H,26,31)/b25-15+. The number of nitro groups is 1. The van der Waals surface area contributed by atoms with Gasteiger partial charge in [-0.2, -0.15) is 5.10 Å². The van der Waals surface area contributed by atoms with E-state index >= 15 is 0 Å². The van der Waals surface area contributed by atoms with E-state index in [2.05, 4.69) is 20.7 Å². The molecule has 0 unspecified atom stereocenters. The Labute approximate surface area is 199 Å². The molecule has 1 heterocycles. The molecule has 0 saturated heterocycles. The summed E-state index contributed by atoms with van der Waals surface area (Å²) in [7, 11) is 0. The van der Waals surface area contributed by atoms with Gasteiger partial charge in [0.2, 0.25) is 0 Å². The number of carbonyl (C=O) groups excluding carboxylic acids is 1. The topological polar surface area (TPSA) is 115 Å². The molecule has 10 heteroatoms. The Kier molecular flexibility index (Phi) is 7.09. The molecular formula is C24H20N6O3S. The van der Waals surface area contributed by atoms with Crippen LogP contribution in [0.4, 0.5) is 5.69 Å². The average molecular weight is 473 g/mol. The number of aryl methyl sites for hydroxylation is 1. The van der Waals surface area contributed by atoms with Gasteiger partial charge in [0.1, 0.15) is 0 Å². The van der Waals surface area contributed by atoms with Crippen LogP contribution in [-0.2, 0) is 4.79 Å². The summed E-state index contributed by atoms with van der Waals surface area (Å²) in [5.41, 5.74) is 5.77. The highest BCUT2D eigenvalue weighted by atomic mass is 32.2. The summed E-state index contributed by atoms with van der Waals surface area (Å²) in [6.07, 6.45) is 1.60. The summed E-state index contributed by atoms with van der Waals surface area (Å²) in [5, 5.41) is 24.2. The highest BCUT2D eigenvalue weighted by Crippen LogP contribution is 2.29. The van der Waals surface area contributed by atoms with Crippen LogP contribution in [0.15, 0.2) is 89.1 Å². The fourth-order valence-electron chi connectivity index (χ4n) is 3.19. The summed E-state index contributed by atoms with van der Waals surface area (Å²) >= 11 is 1.19. The number of benzene rings is 3. The minimum absolute atomic E-state index is 0.0415. The normalized spacial score (nSPS) is 11.0. The number of hydrogen-bond donors (Lipinski definition) is 1. The molecule has 0 fully saturated rings. The van der Waals surface area contributed by atoms with Crippen LogP contribution in [0.25, 0.3) is 17.1 Å². The second kappa shape index (κ2) is 10.5. The predicted octanol–water partition coefficient (Wildman–Crippen LogP) is 4.39. The Balaban J connectivity index is 1.54. The fourth-order valence-corrected chi connectivity index (χ4v) is 3.93. The van der Waals surface area contributed by atoms with Crippen molar-refractivity contribution in [1.82, 2.24) is 20.2 Å². The van der Waals surface area contributed by atoms with E-state index in [1.807, 2.05) is 61.5 Å². The highest BCUT2D eigenvalue weighted by molar-refractivity contribution is 7.99. The summed E-state index contributed by atoms with van der Waals surface area (Å²) in [6.45, 7) is 1.97.